The maximum atomic E-state index is 13.3. The molecule has 5 rings (SSSR count). The highest BCUT2D eigenvalue weighted by Gasteiger charge is 2.24. The molecule has 184 valence electrons. The maximum Gasteiger partial charge on any atom is 0.255 e. The van der Waals surface area contributed by atoms with Gasteiger partial charge in [0, 0.05) is 48.9 Å². The van der Waals surface area contributed by atoms with Crippen molar-refractivity contribution in [3.63, 3.8) is 0 Å². The molecule has 0 unspecified atom stereocenters. The highest BCUT2D eigenvalue weighted by atomic mass is 16.5. The second-order valence-corrected chi connectivity index (χ2v) is 9.45. The third-order valence-corrected chi connectivity index (χ3v) is 6.49. The van der Waals surface area contributed by atoms with Crippen molar-refractivity contribution in [3.05, 3.63) is 77.4 Å². The first-order valence-electron chi connectivity index (χ1n) is 12.2. The van der Waals surface area contributed by atoms with Crippen LogP contribution in [0, 0.1) is 20.8 Å². The number of nitrogens with two attached hydrogens (primary N) is 1. The number of piperidine rings is 1. The monoisotopic (exact) mass is 482 g/mol. The van der Waals surface area contributed by atoms with Crippen molar-refractivity contribution in [2.24, 2.45) is 5.73 Å². The molecule has 1 fully saturated rings. The molecule has 2 aromatic carbocycles. The zero-order valence-corrected chi connectivity index (χ0v) is 20.8. The summed E-state index contributed by atoms with van der Waals surface area (Å²) in [5, 5.41) is 7.05. The van der Waals surface area contributed by atoms with Crippen LogP contribution in [0.5, 0.6) is 0 Å². The number of rotatable bonds is 5. The second kappa shape index (κ2) is 9.91. The number of aromatic nitrogens is 3. The molecule has 3 N–H and O–H groups in total. The van der Waals surface area contributed by atoms with Gasteiger partial charge in [-0.15, -0.1) is 0 Å². The Morgan fingerprint density at radius 2 is 1.69 bits per heavy atom. The van der Waals surface area contributed by atoms with Gasteiger partial charge >= 0.3 is 0 Å². The van der Waals surface area contributed by atoms with Crippen LogP contribution in [-0.2, 0) is 0 Å². The summed E-state index contributed by atoms with van der Waals surface area (Å²) < 4.78 is 5.06. The highest BCUT2D eigenvalue weighted by Crippen LogP contribution is 2.38. The molecular formula is C28H30N6O2. The quantitative estimate of drug-likeness (QED) is 0.416. The average Bonchev–Trinajstić information content (AvgIpc) is 3.30. The summed E-state index contributed by atoms with van der Waals surface area (Å²) in [4.78, 5) is 24.3. The number of nitrogens with zero attached hydrogens (tertiary/aromatic N) is 4. The third-order valence-electron chi connectivity index (χ3n) is 6.49. The Morgan fingerprint density at radius 1 is 1.00 bits per heavy atom. The molecule has 0 saturated carbocycles. The summed E-state index contributed by atoms with van der Waals surface area (Å²) in [6.07, 6.45) is 5.41. The Balaban J connectivity index is 1.48. The summed E-state index contributed by atoms with van der Waals surface area (Å²) in [7, 11) is 0. The van der Waals surface area contributed by atoms with Gasteiger partial charge in [-0.1, -0.05) is 46.6 Å². The molecule has 0 atom stereocenters. The largest absolute Gasteiger partial charge is 0.369 e. The fraction of sp³-hybridized carbons (Fsp3) is 0.286. The predicted molar refractivity (Wildman–Crippen MR) is 141 cm³/mol. The van der Waals surface area contributed by atoms with Crippen LogP contribution in [0.1, 0.15) is 40.2 Å². The molecule has 0 bridgehead atoms. The van der Waals surface area contributed by atoms with Gasteiger partial charge < -0.3 is 20.5 Å². The van der Waals surface area contributed by atoms with E-state index in [0.717, 1.165) is 48.3 Å². The van der Waals surface area contributed by atoms with Crippen LogP contribution in [0.25, 0.3) is 22.5 Å². The van der Waals surface area contributed by atoms with Crippen molar-refractivity contribution < 1.29 is 9.32 Å². The second-order valence-electron chi connectivity index (χ2n) is 9.45. The molecule has 1 amide bonds. The van der Waals surface area contributed by atoms with Crippen molar-refractivity contribution in [1.82, 2.24) is 15.1 Å². The minimum Gasteiger partial charge on any atom is -0.369 e. The Bertz CT molecular complexity index is 1370. The summed E-state index contributed by atoms with van der Waals surface area (Å²) in [6.45, 7) is 7.57. The van der Waals surface area contributed by atoms with E-state index in [9.17, 15) is 4.79 Å². The van der Waals surface area contributed by atoms with Crippen molar-refractivity contribution in [3.8, 4) is 22.5 Å². The van der Waals surface area contributed by atoms with E-state index in [-0.39, 0.29) is 11.9 Å². The van der Waals surface area contributed by atoms with Gasteiger partial charge in [0.25, 0.3) is 5.91 Å². The number of hydrogen-bond donors (Lipinski definition) is 2. The van der Waals surface area contributed by atoms with E-state index in [1.54, 1.807) is 25.3 Å². The van der Waals surface area contributed by atoms with E-state index in [4.69, 9.17) is 10.3 Å². The molecule has 3 heterocycles. The Hall–Kier alpha value is -4.04. The van der Waals surface area contributed by atoms with Crippen molar-refractivity contribution >= 4 is 17.3 Å². The first kappa shape index (κ1) is 23.7. The van der Waals surface area contributed by atoms with E-state index in [1.807, 2.05) is 18.3 Å². The number of anilines is 2. The van der Waals surface area contributed by atoms with Gasteiger partial charge in [-0.25, -0.2) is 0 Å². The molecule has 8 nitrogen and oxygen atoms in total. The van der Waals surface area contributed by atoms with Crippen LogP contribution >= 0.6 is 0 Å². The number of pyridine rings is 1. The van der Waals surface area contributed by atoms with Crippen LogP contribution in [0.4, 0.5) is 11.4 Å². The number of benzene rings is 2. The minimum atomic E-state index is -0.208. The van der Waals surface area contributed by atoms with E-state index in [2.05, 4.69) is 57.4 Å². The molecular weight excluding hydrogens is 452 g/mol. The van der Waals surface area contributed by atoms with E-state index >= 15 is 0 Å². The highest BCUT2D eigenvalue weighted by molar-refractivity contribution is 6.07. The zero-order chi connectivity index (χ0) is 25.2. The number of carbonyl (C=O) groups excluding carboxylic acids is 1. The minimum absolute atomic E-state index is 0.201. The van der Waals surface area contributed by atoms with Crippen molar-refractivity contribution in [2.45, 2.75) is 39.7 Å². The van der Waals surface area contributed by atoms with E-state index in [1.165, 1.54) is 11.1 Å². The van der Waals surface area contributed by atoms with Crippen LogP contribution in [0.15, 0.2) is 59.4 Å². The van der Waals surface area contributed by atoms with Crippen LogP contribution in [0.2, 0.25) is 0 Å². The summed E-state index contributed by atoms with van der Waals surface area (Å²) >= 11 is 0. The standard InChI is InChI=1S/C28H30N6O2/c1-17-12-18(2)14-22(13-17)24-15-30-16-25(26(24)34-10-8-23(29)9-11-34)32-28(35)21-6-4-20(5-7-21)27-31-19(3)36-33-27/h4-7,12-16,23H,8-11,29H2,1-3H3,(H,32,35). The first-order valence-corrected chi connectivity index (χ1v) is 12.2. The lowest BCUT2D eigenvalue weighted by Gasteiger charge is -2.34. The first-order chi connectivity index (χ1) is 17.4. The zero-order valence-electron chi connectivity index (χ0n) is 20.8. The third kappa shape index (κ3) is 4.99. The molecule has 4 aromatic rings. The normalized spacial score (nSPS) is 14.2. The summed E-state index contributed by atoms with van der Waals surface area (Å²) in [5.74, 6) is 0.782. The Kier molecular flexibility index (Phi) is 6.52. The molecule has 0 aliphatic carbocycles. The smallest absolute Gasteiger partial charge is 0.255 e. The molecule has 1 aliphatic heterocycles. The van der Waals surface area contributed by atoms with Crippen LogP contribution in [-0.4, -0.2) is 40.2 Å². The van der Waals surface area contributed by atoms with Gasteiger partial charge in [0.05, 0.1) is 17.6 Å². The number of aryl methyl sites for hydroxylation is 3. The maximum absolute atomic E-state index is 13.3. The van der Waals surface area contributed by atoms with Gasteiger partial charge in [-0.3, -0.25) is 9.78 Å². The lowest BCUT2D eigenvalue weighted by atomic mass is 9.98. The van der Waals surface area contributed by atoms with Crippen molar-refractivity contribution in [2.75, 3.05) is 23.3 Å². The number of amides is 1. The van der Waals surface area contributed by atoms with Crippen LogP contribution in [0.3, 0.4) is 0 Å². The SMILES string of the molecule is Cc1cc(C)cc(-c2cncc(NC(=O)c3ccc(-c4noc(C)n4)cc3)c2N2CCC(N)CC2)c1. The fourth-order valence-corrected chi connectivity index (χ4v) is 4.73. The van der Waals surface area contributed by atoms with E-state index in [0.29, 0.717) is 23.0 Å². The molecule has 2 aromatic heterocycles. The van der Waals surface area contributed by atoms with Crippen molar-refractivity contribution in [1.29, 1.82) is 0 Å². The molecule has 0 radical (unpaired) electrons. The van der Waals surface area contributed by atoms with Gasteiger partial charge in [-0.2, -0.15) is 4.98 Å². The lowest BCUT2D eigenvalue weighted by Crippen LogP contribution is -2.40. The molecule has 0 spiro atoms. The fourth-order valence-electron chi connectivity index (χ4n) is 4.73. The Morgan fingerprint density at radius 3 is 2.33 bits per heavy atom. The van der Waals surface area contributed by atoms with Gasteiger partial charge in [0.2, 0.25) is 11.7 Å². The average molecular weight is 483 g/mol. The number of hydrogen-bond acceptors (Lipinski definition) is 7. The molecule has 8 heteroatoms. The van der Waals surface area contributed by atoms with Gasteiger partial charge in [0.15, 0.2) is 0 Å². The predicted octanol–water partition coefficient (Wildman–Crippen LogP) is 4.90. The molecule has 1 aliphatic rings. The number of nitrogens with one attached hydrogen (secondary N) is 1. The van der Waals surface area contributed by atoms with Crippen LogP contribution < -0.4 is 16.0 Å². The lowest BCUT2D eigenvalue weighted by molar-refractivity contribution is 0.102. The van der Waals surface area contributed by atoms with Gasteiger partial charge in [-0.05, 0) is 44.4 Å². The topological polar surface area (TPSA) is 110 Å². The summed E-state index contributed by atoms with van der Waals surface area (Å²) in [5.41, 5.74) is 13.6. The molecule has 1 saturated heterocycles. The Labute approximate surface area is 210 Å². The summed E-state index contributed by atoms with van der Waals surface area (Å²) in [6, 6.07) is 13.8. The number of carbonyl (C=O) groups is 1. The molecule has 36 heavy (non-hydrogen) atoms. The van der Waals surface area contributed by atoms with Gasteiger partial charge in [0.1, 0.15) is 0 Å². The van der Waals surface area contributed by atoms with E-state index < -0.39 is 0 Å².